The van der Waals surface area contributed by atoms with Gasteiger partial charge in [-0.3, -0.25) is 9.59 Å². The van der Waals surface area contributed by atoms with E-state index in [4.69, 9.17) is 0 Å². The van der Waals surface area contributed by atoms with Gasteiger partial charge in [-0.1, -0.05) is 22.0 Å². The Morgan fingerprint density at radius 2 is 1.86 bits per heavy atom. The molecule has 0 bridgehead atoms. The lowest BCUT2D eigenvalue weighted by Crippen LogP contribution is -2.16. The molecule has 0 saturated carbocycles. The van der Waals surface area contributed by atoms with E-state index in [2.05, 4.69) is 20.7 Å². The SMILES string of the molecule is CCOC(=O)C(=O)CC=C(SC)C(=O)c1ccc(Br)cc1. The van der Waals surface area contributed by atoms with Crippen LogP contribution >= 0.6 is 27.7 Å². The molecule has 1 aromatic rings. The Balaban J connectivity index is 2.79. The second-order valence-corrected chi connectivity index (χ2v) is 5.72. The molecule has 0 amide bonds. The maximum Gasteiger partial charge on any atom is 0.374 e. The molecule has 0 saturated heterocycles. The number of hydrogen-bond donors (Lipinski definition) is 0. The number of ketones is 2. The number of halogens is 1. The smallest absolute Gasteiger partial charge is 0.374 e. The number of benzene rings is 1. The third-order valence-corrected chi connectivity index (χ3v) is 3.85. The summed E-state index contributed by atoms with van der Waals surface area (Å²) in [5, 5.41) is 0. The van der Waals surface area contributed by atoms with Crippen molar-refractivity contribution in [1.29, 1.82) is 0 Å². The normalized spacial score (nSPS) is 11.1. The zero-order valence-corrected chi connectivity index (χ0v) is 14.1. The van der Waals surface area contributed by atoms with E-state index in [9.17, 15) is 14.4 Å². The second-order valence-electron chi connectivity index (χ2n) is 3.96. The average Bonchev–Trinajstić information content (AvgIpc) is 2.48. The minimum absolute atomic E-state index is 0.142. The summed E-state index contributed by atoms with van der Waals surface area (Å²) < 4.78 is 5.49. The van der Waals surface area contributed by atoms with E-state index in [0.29, 0.717) is 10.5 Å². The summed E-state index contributed by atoms with van der Waals surface area (Å²) in [6.07, 6.45) is 3.07. The molecule has 0 aliphatic carbocycles. The number of carbonyl (C=O) groups excluding carboxylic acids is 3. The number of ether oxygens (including phenoxy) is 1. The van der Waals surface area contributed by atoms with Crippen LogP contribution < -0.4 is 0 Å². The summed E-state index contributed by atoms with van der Waals surface area (Å²) in [4.78, 5) is 35.4. The minimum Gasteiger partial charge on any atom is -0.460 e. The monoisotopic (exact) mass is 370 g/mol. The van der Waals surface area contributed by atoms with E-state index in [1.165, 1.54) is 17.8 Å². The van der Waals surface area contributed by atoms with Crippen molar-refractivity contribution in [2.24, 2.45) is 0 Å². The highest BCUT2D eigenvalue weighted by Crippen LogP contribution is 2.20. The molecule has 0 atom stereocenters. The molecule has 0 radical (unpaired) electrons. The molecule has 1 aromatic carbocycles. The van der Waals surface area contributed by atoms with Gasteiger partial charge in [0.2, 0.25) is 5.78 Å². The fourth-order valence-corrected chi connectivity index (χ4v) is 2.31. The van der Waals surface area contributed by atoms with Crippen molar-refractivity contribution in [3.8, 4) is 0 Å². The first-order valence-corrected chi connectivity index (χ1v) is 8.25. The Hall–Kier alpha value is -1.40. The van der Waals surface area contributed by atoms with Gasteiger partial charge in [0, 0.05) is 16.5 Å². The van der Waals surface area contributed by atoms with Crippen LogP contribution in [-0.2, 0) is 14.3 Å². The number of esters is 1. The summed E-state index contributed by atoms with van der Waals surface area (Å²) in [7, 11) is 0. The van der Waals surface area contributed by atoms with E-state index in [0.717, 1.165) is 4.47 Å². The molecule has 112 valence electrons. The van der Waals surface area contributed by atoms with Gasteiger partial charge in [-0.2, -0.15) is 0 Å². The lowest BCUT2D eigenvalue weighted by molar-refractivity contribution is -0.153. The van der Waals surface area contributed by atoms with E-state index >= 15 is 0 Å². The molecule has 0 spiro atoms. The van der Waals surface area contributed by atoms with Crippen LogP contribution in [0.25, 0.3) is 0 Å². The topological polar surface area (TPSA) is 60.4 Å². The standard InChI is InChI=1S/C15H15BrO4S/c1-3-20-15(19)12(17)8-9-13(21-2)14(18)10-4-6-11(16)7-5-10/h4-7,9H,3,8H2,1-2H3. The summed E-state index contributed by atoms with van der Waals surface area (Å²) in [6, 6.07) is 6.94. The summed E-state index contributed by atoms with van der Waals surface area (Å²) in [5.74, 6) is -1.70. The first-order valence-electron chi connectivity index (χ1n) is 6.24. The Labute approximate surface area is 136 Å². The largest absolute Gasteiger partial charge is 0.460 e. The number of Topliss-reactive ketones (excluding diaryl/α,β-unsaturated/α-hetero) is 2. The molecular formula is C15H15BrO4S. The van der Waals surface area contributed by atoms with Gasteiger partial charge in [-0.05, 0) is 37.4 Å². The number of carbonyl (C=O) groups is 3. The van der Waals surface area contributed by atoms with Crippen molar-refractivity contribution in [3.05, 3.63) is 45.3 Å². The third-order valence-electron chi connectivity index (χ3n) is 2.53. The van der Waals surface area contributed by atoms with Gasteiger partial charge < -0.3 is 4.74 Å². The maximum atomic E-state index is 12.3. The molecule has 0 fully saturated rings. The predicted molar refractivity (Wildman–Crippen MR) is 86.3 cm³/mol. The molecule has 0 aliphatic rings. The quantitative estimate of drug-likeness (QED) is 0.318. The van der Waals surface area contributed by atoms with E-state index in [1.54, 1.807) is 37.4 Å². The molecule has 0 heterocycles. The van der Waals surface area contributed by atoms with E-state index in [1.807, 2.05) is 0 Å². The number of thioether (sulfide) groups is 1. The van der Waals surface area contributed by atoms with Crippen molar-refractivity contribution in [1.82, 2.24) is 0 Å². The highest BCUT2D eigenvalue weighted by Gasteiger charge is 2.16. The molecule has 0 unspecified atom stereocenters. The Morgan fingerprint density at radius 3 is 2.38 bits per heavy atom. The molecule has 21 heavy (non-hydrogen) atoms. The zero-order valence-electron chi connectivity index (χ0n) is 11.7. The van der Waals surface area contributed by atoms with Gasteiger partial charge in [-0.15, -0.1) is 11.8 Å². The van der Waals surface area contributed by atoms with Crippen LogP contribution in [-0.4, -0.2) is 30.4 Å². The Kier molecular flexibility index (Phi) is 7.39. The molecule has 6 heteroatoms. The summed E-state index contributed by atoms with van der Waals surface area (Å²) in [5.41, 5.74) is 0.530. The number of hydrogen-bond acceptors (Lipinski definition) is 5. The molecule has 4 nitrogen and oxygen atoms in total. The minimum atomic E-state index is -0.870. The Morgan fingerprint density at radius 1 is 1.24 bits per heavy atom. The van der Waals surface area contributed by atoms with Crippen LogP contribution in [0, 0.1) is 0 Å². The molecule has 1 rings (SSSR count). The summed E-state index contributed by atoms with van der Waals surface area (Å²) >= 11 is 4.54. The average molecular weight is 371 g/mol. The van der Waals surface area contributed by atoms with Crippen molar-refractivity contribution >= 4 is 45.2 Å². The lowest BCUT2D eigenvalue weighted by atomic mass is 10.1. The zero-order chi connectivity index (χ0) is 15.8. The van der Waals surface area contributed by atoms with Crippen LogP contribution in [0.1, 0.15) is 23.7 Å². The van der Waals surface area contributed by atoms with Crippen molar-refractivity contribution in [3.63, 3.8) is 0 Å². The molecule has 0 aliphatic heterocycles. The summed E-state index contributed by atoms with van der Waals surface area (Å²) in [6.45, 7) is 1.78. The van der Waals surface area contributed by atoms with Crippen molar-refractivity contribution in [2.45, 2.75) is 13.3 Å². The van der Waals surface area contributed by atoms with E-state index in [-0.39, 0.29) is 18.8 Å². The predicted octanol–water partition coefficient (Wildman–Crippen LogP) is 3.40. The van der Waals surface area contributed by atoms with Crippen LogP contribution in [0.2, 0.25) is 0 Å². The van der Waals surface area contributed by atoms with Gasteiger partial charge in [0.05, 0.1) is 11.5 Å². The maximum absolute atomic E-state index is 12.3. The van der Waals surface area contributed by atoms with Gasteiger partial charge in [-0.25, -0.2) is 4.79 Å². The van der Waals surface area contributed by atoms with Crippen molar-refractivity contribution in [2.75, 3.05) is 12.9 Å². The first-order chi connectivity index (χ1) is 9.99. The lowest BCUT2D eigenvalue weighted by Gasteiger charge is -2.04. The van der Waals surface area contributed by atoms with E-state index < -0.39 is 11.8 Å². The Bertz CT molecular complexity index is 564. The van der Waals surface area contributed by atoms with Gasteiger partial charge in [0.25, 0.3) is 0 Å². The fourth-order valence-electron chi connectivity index (χ4n) is 1.49. The second kappa shape index (κ2) is 8.79. The first kappa shape index (κ1) is 17.7. The van der Waals surface area contributed by atoms with Gasteiger partial charge in [0.1, 0.15) is 0 Å². The van der Waals surface area contributed by atoms with Crippen LogP contribution in [0.4, 0.5) is 0 Å². The van der Waals surface area contributed by atoms with Crippen LogP contribution in [0.15, 0.2) is 39.7 Å². The van der Waals surface area contributed by atoms with Gasteiger partial charge >= 0.3 is 5.97 Å². The van der Waals surface area contributed by atoms with Gasteiger partial charge in [0.15, 0.2) is 5.78 Å². The van der Waals surface area contributed by atoms with Crippen molar-refractivity contribution < 1.29 is 19.1 Å². The van der Waals surface area contributed by atoms with Crippen LogP contribution in [0.5, 0.6) is 0 Å². The highest BCUT2D eigenvalue weighted by molar-refractivity contribution is 9.10. The highest BCUT2D eigenvalue weighted by atomic mass is 79.9. The molecular weight excluding hydrogens is 356 g/mol. The fraction of sp³-hybridized carbons (Fsp3) is 0.267. The van der Waals surface area contributed by atoms with Crippen LogP contribution in [0.3, 0.4) is 0 Å². The number of allylic oxidation sites excluding steroid dienone is 2. The molecule has 0 aromatic heterocycles. The number of rotatable bonds is 7. The molecule has 0 N–H and O–H groups in total. The third kappa shape index (κ3) is 5.47.